The summed E-state index contributed by atoms with van der Waals surface area (Å²) in [4.78, 5) is 0. The van der Waals surface area contributed by atoms with Gasteiger partial charge in [0.05, 0.1) is 13.2 Å². The van der Waals surface area contributed by atoms with E-state index in [0.29, 0.717) is 6.61 Å². The summed E-state index contributed by atoms with van der Waals surface area (Å²) in [7, 11) is 1.68. The highest BCUT2D eigenvalue weighted by Crippen LogP contribution is 2.31. The maximum absolute atomic E-state index is 6.11. The van der Waals surface area contributed by atoms with Gasteiger partial charge in [-0.2, -0.15) is 0 Å². The third kappa shape index (κ3) is 6.70. The molecule has 0 aromatic heterocycles. The summed E-state index contributed by atoms with van der Waals surface area (Å²) < 4.78 is 17.2. The van der Waals surface area contributed by atoms with Crippen molar-refractivity contribution >= 4 is 0 Å². The van der Waals surface area contributed by atoms with Crippen LogP contribution in [0.1, 0.15) is 37.0 Å². The molecule has 0 aliphatic rings. The monoisotopic (exact) mass is 357 g/mol. The zero-order chi connectivity index (χ0) is 18.8. The molecule has 2 aromatic rings. The first-order valence-corrected chi connectivity index (χ1v) is 9.26. The van der Waals surface area contributed by atoms with Crippen molar-refractivity contribution in [2.45, 2.75) is 46.4 Å². The second-order valence-corrected chi connectivity index (χ2v) is 6.67. The van der Waals surface area contributed by atoms with Crippen LogP contribution in [0.15, 0.2) is 42.5 Å². The molecule has 2 rings (SSSR count). The van der Waals surface area contributed by atoms with Crippen molar-refractivity contribution in [3.05, 3.63) is 59.2 Å². The molecule has 0 bridgehead atoms. The Labute approximate surface area is 157 Å². The SMILES string of the molecule is COc1cccc(CNCCCOC(C)C)c1OCc1ccc(C)cc1. The van der Waals surface area contributed by atoms with E-state index >= 15 is 0 Å². The first-order chi connectivity index (χ1) is 12.6. The summed E-state index contributed by atoms with van der Waals surface area (Å²) in [6, 6.07) is 14.4. The van der Waals surface area contributed by atoms with E-state index in [2.05, 4.69) is 56.4 Å². The quantitative estimate of drug-likeness (QED) is 0.602. The standard InChI is InChI=1S/C22H31NO3/c1-17(2)25-14-6-13-23-15-20-7-5-8-21(24-4)22(20)26-16-19-11-9-18(3)10-12-19/h5,7-12,17,23H,6,13-16H2,1-4H3. The lowest BCUT2D eigenvalue weighted by Gasteiger charge is -2.16. The molecule has 0 saturated carbocycles. The van der Waals surface area contributed by atoms with Crippen LogP contribution in [0.5, 0.6) is 11.5 Å². The van der Waals surface area contributed by atoms with E-state index < -0.39 is 0 Å². The van der Waals surface area contributed by atoms with Gasteiger partial charge >= 0.3 is 0 Å². The van der Waals surface area contributed by atoms with Crippen LogP contribution in [0.3, 0.4) is 0 Å². The van der Waals surface area contributed by atoms with Gasteiger partial charge in [-0.25, -0.2) is 0 Å². The molecule has 0 radical (unpaired) electrons. The average molecular weight is 357 g/mol. The van der Waals surface area contributed by atoms with E-state index in [-0.39, 0.29) is 6.10 Å². The van der Waals surface area contributed by atoms with Crippen molar-refractivity contribution in [1.29, 1.82) is 0 Å². The van der Waals surface area contributed by atoms with Crippen molar-refractivity contribution in [1.82, 2.24) is 5.32 Å². The Morgan fingerprint density at radius 2 is 1.81 bits per heavy atom. The predicted octanol–water partition coefficient (Wildman–Crippen LogP) is 4.49. The maximum Gasteiger partial charge on any atom is 0.166 e. The Hall–Kier alpha value is -2.04. The summed E-state index contributed by atoms with van der Waals surface area (Å²) in [6.45, 7) is 9.14. The van der Waals surface area contributed by atoms with Crippen molar-refractivity contribution in [3.63, 3.8) is 0 Å². The Morgan fingerprint density at radius 3 is 2.50 bits per heavy atom. The molecular weight excluding hydrogens is 326 g/mol. The third-order valence-corrected chi connectivity index (χ3v) is 4.05. The smallest absolute Gasteiger partial charge is 0.166 e. The molecule has 0 heterocycles. The van der Waals surface area contributed by atoms with Gasteiger partial charge in [0.25, 0.3) is 0 Å². The minimum absolute atomic E-state index is 0.287. The van der Waals surface area contributed by atoms with Crippen LogP contribution in [-0.2, 0) is 17.9 Å². The van der Waals surface area contributed by atoms with Crippen molar-refractivity contribution in [2.24, 2.45) is 0 Å². The second kappa shape index (κ2) is 10.8. The van der Waals surface area contributed by atoms with Gasteiger partial charge in [0.2, 0.25) is 0 Å². The van der Waals surface area contributed by atoms with E-state index in [1.807, 2.05) is 12.1 Å². The number of benzene rings is 2. The second-order valence-electron chi connectivity index (χ2n) is 6.67. The summed E-state index contributed by atoms with van der Waals surface area (Å²) in [5.74, 6) is 1.57. The molecule has 0 spiro atoms. The van der Waals surface area contributed by atoms with Gasteiger partial charge in [0.15, 0.2) is 11.5 Å². The predicted molar refractivity (Wildman–Crippen MR) is 106 cm³/mol. The van der Waals surface area contributed by atoms with E-state index in [0.717, 1.165) is 48.7 Å². The van der Waals surface area contributed by atoms with Crippen LogP contribution in [0.25, 0.3) is 0 Å². The Bertz CT molecular complexity index is 653. The Kier molecular flexibility index (Phi) is 8.45. The summed E-state index contributed by atoms with van der Waals surface area (Å²) >= 11 is 0. The van der Waals surface area contributed by atoms with Crippen molar-refractivity contribution < 1.29 is 14.2 Å². The van der Waals surface area contributed by atoms with Crippen LogP contribution >= 0.6 is 0 Å². The first kappa shape index (κ1) is 20.3. The fourth-order valence-corrected chi connectivity index (χ4v) is 2.60. The van der Waals surface area contributed by atoms with Crippen molar-refractivity contribution in [2.75, 3.05) is 20.3 Å². The number of para-hydroxylation sites is 1. The van der Waals surface area contributed by atoms with Gasteiger partial charge in [-0.15, -0.1) is 0 Å². The number of hydrogen-bond acceptors (Lipinski definition) is 4. The molecule has 26 heavy (non-hydrogen) atoms. The minimum Gasteiger partial charge on any atom is -0.493 e. The van der Waals surface area contributed by atoms with E-state index in [9.17, 15) is 0 Å². The molecule has 1 N–H and O–H groups in total. The molecule has 0 aliphatic heterocycles. The normalized spacial score (nSPS) is 11.0. The topological polar surface area (TPSA) is 39.7 Å². The van der Waals surface area contributed by atoms with Crippen LogP contribution in [0.2, 0.25) is 0 Å². The molecule has 0 aliphatic carbocycles. The van der Waals surface area contributed by atoms with E-state index in [1.165, 1.54) is 5.56 Å². The van der Waals surface area contributed by atoms with Gasteiger partial charge in [-0.3, -0.25) is 0 Å². The van der Waals surface area contributed by atoms with Gasteiger partial charge < -0.3 is 19.5 Å². The first-order valence-electron chi connectivity index (χ1n) is 9.26. The van der Waals surface area contributed by atoms with Gasteiger partial charge in [-0.1, -0.05) is 42.0 Å². The molecule has 0 unspecified atom stereocenters. The zero-order valence-corrected chi connectivity index (χ0v) is 16.4. The molecule has 0 fully saturated rings. The highest BCUT2D eigenvalue weighted by atomic mass is 16.5. The van der Waals surface area contributed by atoms with Gasteiger partial charge in [0, 0.05) is 18.7 Å². The molecule has 2 aromatic carbocycles. The largest absolute Gasteiger partial charge is 0.493 e. The summed E-state index contributed by atoms with van der Waals surface area (Å²) in [5, 5.41) is 3.46. The Morgan fingerprint density at radius 1 is 1.04 bits per heavy atom. The molecule has 4 heteroatoms. The average Bonchev–Trinajstić information content (AvgIpc) is 2.64. The zero-order valence-electron chi connectivity index (χ0n) is 16.4. The van der Waals surface area contributed by atoms with Gasteiger partial charge in [0.1, 0.15) is 6.61 Å². The number of rotatable bonds is 11. The Balaban J connectivity index is 1.92. The highest BCUT2D eigenvalue weighted by molar-refractivity contribution is 5.46. The lowest BCUT2D eigenvalue weighted by molar-refractivity contribution is 0.0770. The molecule has 0 amide bonds. The minimum atomic E-state index is 0.287. The summed E-state index contributed by atoms with van der Waals surface area (Å²) in [6.07, 6.45) is 1.27. The number of hydrogen-bond donors (Lipinski definition) is 1. The maximum atomic E-state index is 6.11. The molecule has 0 atom stereocenters. The van der Waals surface area contributed by atoms with Gasteiger partial charge in [-0.05, 0) is 45.4 Å². The van der Waals surface area contributed by atoms with Crippen LogP contribution < -0.4 is 14.8 Å². The highest BCUT2D eigenvalue weighted by Gasteiger charge is 2.10. The summed E-state index contributed by atoms with van der Waals surface area (Å²) in [5.41, 5.74) is 3.49. The number of nitrogens with one attached hydrogen (secondary N) is 1. The molecule has 142 valence electrons. The van der Waals surface area contributed by atoms with Crippen LogP contribution in [0.4, 0.5) is 0 Å². The lowest BCUT2D eigenvalue weighted by atomic mass is 10.1. The lowest BCUT2D eigenvalue weighted by Crippen LogP contribution is -2.18. The van der Waals surface area contributed by atoms with Crippen molar-refractivity contribution in [3.8, 4) is 11.5 Å². The fraction of sp³-hybridized carbons (Fsp3) is 0.455. The van der Waals surface area contributed by atoms with Crippen LogP contribution in [0, 0.1) is 6.92 Å². The molecular formula is C22H31NO3. The van der Waals surface area contributed by atoms with Crippen LogP contribution in [-0.4, -0.2) is 26.4 Å². The van der Waals surface area contributed by atoms with E-state index in [1.54, 1.807) is 7.11 Å². The fourth-order valence-electron chi connectivity index (χ4n) is 2.60. The molecule has 0 saturated heterocycles. The number of methoxy groups -OCH3 is 1. The van der Waals surface area contributed by atoms with E-state index in [4.69, 9.17) is 14.2 Å². The number of aryl methyl sites for hydroxylation is 1. The third-order valence-electron chi connectivity index (χ3n) is 4.05. The molecule has 4 nitrogen and oxygen atoms in total. The number of ether oxygens (including phenoxy) is 3.